The number of rotatable bonds is 5. The van der Waals surface area contributed by atoms with E-state index in [9.17, 15) is 14.4 Å². The van der Waals surface area contributed by atoms with Crippen molar-refractivity contribution in [3.8, 4) is 0 Å². The van der Waals surface area contributed by atoms with Gasteiger partial charge in [0.15, 0.2) is 0 Å². The second kappa shape index (κ2) is 7.46. The van der Waals surface area contributed by atoms with Gasteiger partial charge in [0, 0.05) is 18.9 Å². The lowest BCUT2D eigenvalue weighted by atomic mass is 9.86. The molecule has 1 aliphatic rings. The summed E-state index contributed by atoms with van der Waals surface area (Å²) in [5.74, 6) is -0.654. The average molecular weight is 343 g/mol. The van der Waals surface area contributed by atoms with E-state index in [1.165, 1.54) is 0 Å². The van der Waals surface area contributed by atoms with E-state index in [2.05, 4.69) is 15.3 Å². The van der Waals surface area contributed by atoms with Crippen LogP contribution in [0, 0.1) is 5.92 Å². The van der Waals surface area contributed by atoms with E-state index in [-0.39, 0.29) is 29.8 Å². The number of carbonyl (C=O) groups excluding carboxylic acids is 1. The first-order chi connectivity index (χ1) is 12.0. The first-order valence-electron chi connectivity index (χ1n) is 8.53. The van der Waals surface area contributed by atoms with Crippen LogP contribution in [0.3, 0.4) is 0 Å². The first kappa shape index (κ1) is 17.1. The summed E-state index contributed by atoms with van der Waals surface area (Å²) in [7, 11) is 0. The van der Waals surface area contributed by atoms with Crippen LogP contribution in [-0.4, -0.2) is 33.0 Å². The van der Waals surface area contributed by atoms with Crippen molar-refractivity contribution in [2.45, 2.75) is 44.6 Å². The largest absolute Gasteiger partial charge is 0.481 e. The molecule has 1 aliphatic carbocycles. The van der Waals surface area contributed by atoms with Gasteiger partial charge in [-0.3, -0.25) is 14.4 Å². The van der Waals surface area contributed by atoms with E-state index >= 15 is 0 Å². The second-order valence-corrected chi connectivity index (χ2v) is 6.48. The van der Waals surface area contributed by atoms with Crippen molar-refractivity contribution >= 4 is 22.8 Å². The number of hydrogen-bond donors (Lipinski definition) is 3. The summed E-state index contributed by atoms with van der Waals surface area (Å²) >= 11 is 0. The SMILES string of the molecule is O=C(CCc1nc2ccccc2c(=O)[nH]1)N[C@H]1CC[C@H](C(=O)O)CC1. The molecule has 0 bridgehead atoms. The van der Waals surface area contributed by atoms with E-state index < -0.39 is 5.97 Å². The van der Waals surface area contributed by atoms with E-state index in [1.54, 1.807) is 18.2 Å². The molecule has 2 aromatic rings. The number of hydrogen-bond acceptors (Lipinski definition) is 4. The van der Waals surface area contributed by atoms with E-state index in [0.717, 1.165) is 0 Å². The minimum atomic E-state index is -0.754. The molecule has 1 fully saturated rings. The number of fused-ring (bicyclic) bond motifs is 1. The Labute approximate surface area is 144 Å². The molecular weight excluding hydrogens is 322 g/mol. The quantitative estimate of drug-likeness (QED) is 0.763. The molecule has 1 aromatic heterocycles. The fraction of sp³-hybridized carbons (Fsp3) is 0.444. The maximum atomic E-state index is 12.1. The molecule has 1 heterocycles. The van der Waals surface area contributed by atoms with Crippen LogP contribution in [0.15, 0.2) is 29.1 Å². The monoisotopic (exact) mass is 343 g/mol. The molecule has 0 radical (unpaired) electrons. The van der Waals surface area contributed by atoms with Crippen LogP contribution in [0.5, 0.6) is 0 Å². The van der Waals surface area contributed by atoms with Gasteiger partial charge in [0.1, 0.15) is 5.82 Å². The number of benzene rings is 1. The molecule has 3 rings (SSSR count). The second-order valence-electron chi connectivity index (χ2n) is 6.48. The van der Waals surface area contributed by atoms with E-state index in [0.29, 0.717) is 48.8 Å². The Hall–Kier alpha value is -2.70. The molecule has 0 aliphatic heterocycles. The van der Waals surface area contributed by atoms with Crippen LogP contribution in [0.4, 0.5) is 0 Å². The van der Waals surface area contributed by atoms with Gasteiger partial charge in [-0.2, -0.15) is 0 Å². The standard InChI is InChI=1S/C18H21N3O4/c22-16(19-12-7-5-11(6-8-12)18(24)25)10-9-15-20-14-4-2-1-3-13(14)17(23)21-15/h1-4,11-12H,5-10H2,(H,19,22)(H,24,25)(H,20,21,23)/t11-,12-. The molecule has 132 valence electrons. The minimum absolute atomic E-state index is 0.0340. The third-order valence-corrected chi connectivity index (χ3v) is 4.69. The van der Waals surface area contributed by atoms with Crippen LogP contribution in [-0.2, 0) is 16.0 Å². The van der Waals surface area contributed by atoms with Crippen molar-refractivity contribution in [2.75, 3.05) is 0 Å². The molecule has 1 amide bonds. The number of carboxylic acids is 1. The summed E-state index contributed by atoms with van der Waals surface area (Å²) in [6.45, 7) is 0. The van der Waals surface area contributed by atoms with Crippen LogP contribution < -0.4 is 10.9 Å². The summed E-state index contributed by atoms with van der Waals surface area (Å²) in [6.07, 6.45) is 3.16. The average Bonchev–Trinajstić information content (AvgIpc) is 2.60. The molecule has 7 heteroatoms. The summed E-state index contributed by atoms with van der Waals surface area (Å²) < 4.78 is 0. The molecule has 25 heavy (non-hydrogen) atoms. The van der Waals surface area contributed by atoms with Gasteiger partial charge in [-0.1, -0.05) is 12.1 Å². The predicted octanol–water partition coefficient (Wildman–Crippen LogP) is 1.62. The number of carboxylic acid groups (broad SMARTS) is 1. The summed E-state index contributed by atoms with van der Waals surface area (Å²) in [4.78, 5) is 42.1. The van der Waals surface area contributed by atoms with Crippen LogP contribution in [0.1, 0.15) is 37.9 Å². The van der Waals surface area contributed by atoms with Crippen molar-refractivity contribution in [3.63, 3.8) is 0 Å². The van der Waals surface area contributed by atoms with Gasteiger partial charge in [0.2, 0.25) is 5.91 Å². The Morgan fingerprint density at radius 3 is 2.64 bits per heavy atom. The number of carbonyl (C=O) groups is 2. The number of nitrogens with zero attached hydrogens (tertiary/aromatic N) is 1. The number of nitrogens with one attached hydrogen (secondary N) is 2. The smallest absolute Gasteiger partial charge is 0.306 e. The Bertz CT molecular complexity index is 838. The van der Waals surface area contributed by atoms with Gasteiger partial charge in [-0.05, 0) is 37.8 Å². The summed E-state index contributed by atoms with van der Waals surface area (Å²) in [5.41, 5.74) is 0.418. The Morgan fingerprint density at radius 2 is 1.92 bits per heavy atom. The lowest BCUT2D eigenvalue weighted by Gasteiger charge is -2.26. The highest BCUT2D eigenvalue weighted by molar-refractivity contribution is 5.78. The highest BCUT2D eigenvalue weighted by Crippen LogP contribution is 2.24. The zero-order valence-electron chi connectivity index (χ0n) is 13.8. The summed E-state index contributed by atoms with van der Waals surface area (Å²) in [6, 6.07) is 7.12. The van der Waals surface area contributed by atoms with Gasteiger partial charge in [0.05, 0.1) is 16.8 Å². The molecule has 0 unspecified atom stereocenters. The Kier molecular flexibility index (Phi) is 5.11. The zero-order chi connectivity index (χ0) is 17.8. The van der Waals surface area contributed by atoms with Crippen molar-refractivity contribution in [2.24, 2.45) is 5.92 Å². The number of aryl methyl sites for hydroxylation is 1. The molecule has 1 aromatic carbocycles. The zero-order valence-corrected chi connectivity index (χ0v) is 13.8. The van der Waals surface area contributed by atoms with Gasteiger partial charge < -0.3 is 15.4 Å². The van der Waals surface area contributed by atoms with Crippen molar-refractivity contribution in [3.05, 3.63) is 40.4 Å². The van der Waals surface area contributed by atoms with Crippen LogP contribution >= 0.6 is 0 Å². The first-order valence-corrected chi connectivity index (χ1v) is 8.53. The van der Waals surface area contributed by atoms with Gasteiger partial charge in [0.25, 0.3) is 5.56 Å². The van der Waals surface area contributed by atoms with E-state index in [1.807, 2.05) is 6.07 Å². The molecule has 0 saturated heterocycles. The maximum Gasteiger partial charge on any atom is 0.306 e. The lowest BCUT2D eigenvalue weighted by Crippen LogP contribution is -2.38. The normalized spacial score (nSPS) is 20.3. The molecular formula is C18H21N3O4. The van der Waals surface area contributed by atoms with Gasteiger partial charge >= 0.3 is 5.97 Å². The van der Waals surface area contributed by atoms with Crippen molar-refractivity contribution in [1.82, 2.24) is 15.3 Å². The van der Waals surface area contributed by atoms with Crippen LogP contribution in [0.25, 0.3) is 10.9 Å². The topological polar surface area (TPSA) is 112 Å². The Morgan fingerprint density at radius 1 is 1.20 bits per heavy atom. The molecule has 1 saturated carbocycles. The van der Waals surface area contributed by atoms with Gasteiger partial charge in [-0.25, -0.2) is 4.98 Å². The fourth-order valence-corrected chi connectivity index (χ4v) is 3.27. The number of H-pyrrole nitrogens is 1. The summed E-state index contributed by atoms with van der Waals surface area (Å²) in [5, 5.41) is 12.5. The minimum Gasteiger partial charge on any atom is -0.481 e. The molecule has 0 atom stereocenters. The maximum absolute atomic E-state index is 12.1. The molecule has 7 nitrogen and oxygen atoms in total. The highest BCUT2D eigenvalue weighted by Gasteiger charge is 2.26. The van der Waals surface area contributed by atoms with E-state index in [4.69, 9.17) is 5.11 Å². The third kappa shape index (κ3) is 4.23. The van der Waals surface area contributed by atoms with Crippen molar-refractivity contribution in [1.29, 1.82) is 0 Å². The third-order valence-electron chi connectivity index (χ3n) is 4.69. The Balaban J connectivity index is 1.53. The number of para-hydroxylation sites is 1. The van der Waals surface area contributed by atoms with Crippen LogP contribution in [0.2, 0.25) is 0 Å². The van der Waals surface area contributed by atoms with Crippen molar-refractivity contribution < 1.29 is 14.7 Å². The fourth-order valence-electron chi connectivity index (χ4n) is 3.27. The molecule has 3 N–H and O–H groups in total. The lowest BCUT2D eigenvalue weighted by molar-refractivity contribution is -0.142. The highest BCUT2D eigenvalue weighted by atomic mass is 16.4. The number of aromatic amines is 1. The number of amides is 1. The molecule has 0 spiro atoms. The predicted molar refractivity (Wildman–Crippen MR) is 92.2 cm³/mol. The number of aromatic nitrogens is 2. The number of aliphatic carboxylic acids is 1. The van der Waals surface area contributed by atoms with Gasteiger partial charge in [-0.15, -0.1) is 0 Å².